The highest BCUT2D eigenvalue weighted by Gasteiger charge is 2.29. The number of aromatic nitrogens is 1. The maximum atomic E-state index is 4.40. The van der Waals surface area contributed by atoms with Gasteiger partial charge < -0.3 is 10.3 Å². The Hall–Kier alpha value is -3.70. The molecule has 1 heterocycles. The zero-order valence-electron chi connectivity index (χ0n) is 20.4. The van der Waals surface area contributed by atoms with Gasteiger partial charge in [0, 0.05) is 28.2 Å². The number of aryl methyl sites for hydroxylation is 2. The molecule has 2 heteroatoms. The van der Waals surface area contributed by atoms with Crippen LogP contribution in [0.2, 0.25) is 0 Å². The third kappa shape index (κ3) is 4.03. The summed E-state index contributed by atoms with van der Waals surface area (Å²) in [6.45, 7) is 15.1. The van der Waals surface area contributed by atoms with Gasteiger partial charge in [0.05, 0.1) is 6.04 Å². The van der Waals surface area contributed by atoms with Crippen LogP contribution in [-0.2, 0) is 6.42 Å². The first-order valence-corrected chi connectivity index (χ1v) is 12.1. The van der Waals surface area contributed by atoms with Crippen LogP contribution in [0.15, 0.2) is 96.1 Å². The van der Waals surface area contributed by atoms with Crippen LogP contribution in [0, 0.1) is 13.8 Å². The van der Waals surface area contributed by atoms with Gasteiger partial charge >= 0.3 is 0 Å². The molecule has 0 saturated carbocycles. The number of nitrogens with one attached hydrogen (secondary N) is 2. The lowest BCUT2D eigenvalue weighted by Crippen LogP contribution is -2.31. The lowest BCUT2D eigenvalue weighted by atomic mass is 9.89. The van der Waals surface area contributed by atoms with Crippen molar-refractivity contribution in [2.75, 3.05) is 0 Å². The van der Waals surface area contributed by atoms with E-state index in [1.54, 1.807) is 0 Å². The molecule has 0 spiro atoms. The molecular formula is C32H32N2. The normalized spacial score (nSPS) is 16.6. The standard InChI is InChI=1S/C32H32N2/c1-20(2)32(19-29-23(5)34-31-13-9-8-12-28(29)31)33-22(4)15-17-26-24-10-6-7-11-25(24)30-18-21(3)14-16-27(26)30/h8-14,16,18,26,32-34H,1,4,15,17,19H2,2-3,5H3. The van der Waals surface area contributed by atoms with Gasteiger partial charge in [-0.3, -0.25) is 0 Å². The molecule has 2 nitrogen and oxygen atoms in total. The maximum Gasteiger partial charge on any atom is 0.0506 e. The van der Waals surface area contributed by atoms with Crippen molar-refractivity contribution >= 4 is 16.5 Å². The molecule has 5 rings (SSSR count). The molecule has 34 heavy (non-hydrogen) atoms. The first-order chi connectivity index (χ1) is 16.4. The van der Waals surface area contributed by atoms with Crippen LogP contribution >= 0.6 is 0 Å². The molecule has 2 aliphatic rings. The van der Waals surface area contributed by atoms with E-state index in [4.69, 9.17) is 0 Å². The number of fused-ring (bicyclic) bond motifs is 3. The maximum absolute atomic E-state index is 4.40. The number of para-hydroxylation sites is 1. The van der Waals surface area contributed by atoms with Crippen LogP contribution in [-0.4, -0.2) is 11.0 Å². The van der Waals surface area contributed by atoms with Crippen molar-refractivity contribution in [3.63, 3.8) is 0 Å². The Morgan fingerprint density at radius 2 is 1.88 bits per heavy atom. The van der Waals surface area contributed by atoms with Gasteiger partial charge in [-0.15, -0.1) is 0 Å². The largest absolute Gasteiger partial charge is 0.382 e. The lowest BCUT2D eigenvalue weighted by molar-refractivity contribution is 0.596. The van der Waals surface area contributed by atoms with Crippen LogP contribution in [0.3, 0.4) is 0 Å². The van der Waals surface area contributed by atoms with Gasteiger partial charge in [0.25, 0.3) is 0 Å². The predicted octanol–water partition coefficient (Wildman–Crippen LogP) is 7.59. The van der Waals surface area contributed by atoms with E-state index in [9.17, 15) is 0 Å². The second-order valence-corrected chi connectivity index (χ2v) is 9.75. The van der Waals surface area contributed by atoms with Gasteiger partial charge in [-0.2, -0.15) is 0 Å². The van der Waals surface area contributed by atoms with Crippen molar-refractivity contribution < 1.29 is 0 Å². The molecule has 1 aromatic heterocycles. The van der Waals surface area contributed by atoms with E-state index in [0.717, 1.165) is 30.5 Å². The molecule has 3 aromatic rings. The van der Waals surface area contributed by atoms with Crippen LogP contribution in [0.4, 0.5) is 0 Å². The average molecular weight is 445 g/mol. The monoisotopic (exact) mass is 444 g/mol. The van der Waals surface area contributed by atoms with E-state index in [1.807, 2.05) is 0 Å². The fourth-order valence-corrected chi connectivity index (χ4v) is 5.39. The fourth-order valence-electron chi connectivity index (χ4n) is 5.39. The number of hydrogen-bond donors (Lipinski definition) is 2. The Bertz CT molecular complexity index is 1450. The summed E-state index contributed by atoms with van der Waals surface area (Å²) in [6, 6.07) is 15.5. The first kappa shape index (κ1) is 22.1. The summed E-state index contributed by atoms with van der Waals surface area (Å²) in [5, 5.41) is 5.00. The van der Waals surface area contributed by atoms with Gasteiger partial charge in [0.15, 0.2) is 0 Å². The number of rotatable bonds is 8. The summed E-state index contributed by atoms with van der Waals surface area (Å²) in [6.07, 6.45) is 7.02. The van der Waals surface area contributed by atoms with Gasteiger partial charge in [-0.1, -0.05) is 72.2 Å². The summed E-state index contributed by atoms with van der Waals surface area (Å²) >= 11 is 0. The van der Waals surface area contributed by atoms with Crippen molar-refractivity contribution in [2.24, 2.45) is 0 Å². The number of allylic oxidation sites excluding steroid dienone is 5. The number of aromatic amines is 1. The summed E-state index contributed by atoms with van der Waals surface area (Å²) in [4.78, 5) is 3.52. The van der Waals surface area contributed by atoms with Crippen LogP contribution in [0.25, 0.3) is 16.5 Å². The van der Waals surface area contributed by atoms with E-state index in [1.165, 1.54) is 50.0 Å². The lowest BCUT2D eigenvalue weighted by Gasteiger charge is -2.23. The molecule has 0 amide bonds. The highest BCUT2D eigenvalue weighted by atomic mass is 14.9. The van der Waals surface area contributed by atoms with E-state index in [-0.39, 0.29) is 6.04 Å². The highest BCUT2D eigenvalue weighted by molar-refractivity contribution is 5.87. The molecule has 0 saturated heterocycles. The molecule has 0 bridgehead atoms. The third-order valence-corrected chi connectivity index (χ3v) is 7.23. The molecule has 170 valence electrons. The first-order valence-electron chi connectivity index (χ1n) is 12.1. The number of H-pyrrole nitrogens is 1. The highest BCUT2D eigenvalue weighted by Crippen LogP contribution is 2.46. The molecule has 2 N–H and O–H groups in total. The smallest absolute Gasteiger partial charge is 0.0506 e. The van der Waals surface area contributed by atoms with Crippen molar-refractivity contribution in [1.82, 2.24) is 10.3 Å². The number of benzene rings is 2. The Kier molecular flexibility index (Phi) is 5.80. The predicted molar refractivity (Wildman–Crippen MR) is 144 cm³/mol. The second-order valence-electron chi connectivity index (χ2n) is 9.75. The zero-order chi connectivity index (χ0) is 23.8. The number of hydrogen-bond acceptors (Lipinski definition) is 1. The Labute approximate surface area is 202 Å². The Morgan fingerprint density at radius 3 is 2.71 bits per heavy atom. The van der Waals surface area contributed by atoms with Crippen LogP contribution < -0.4 is 5.32 Å². The average Bonchev–Trinajstić information content (AvgIpc) is 3.31. The van der Waals surface area contributed by atoms with E-state index in [2.05, 4.69) is 110 Å². The summed E-state index contributed by atoms with van der Waals surface area (Å²) < 4.78 is 0. The topological polar surface area (TPSA) is 27.8 Å². The molecule has 2 aromatic carbocycles. The quantitative estimate of drug-likeness (QED) is 0.272. The molecule has 0 fully saturated rings. The fraction of sp³-hybridized carbons (Fsp3) is 0.250. The van der Waals surface area contributed by atoms with Crippen molar-refractivity contribution in [2.45, 2.75) is 52.0 Å². The Morgan fingerprint density at radius 1 is 1.09 bits per heavy atom. The minimum absolute atomic E-state index is 0.152. The van der Waals surface area contributed by atoms with Crippen molar-refractivity contribution in [3.05, 3.63) is 124 Å². The molecule has 0 aliphatic heterocycles. The van der Waals surface area contributed by atoms with E-state index in [0.29, 0.717) is 5.92 Å². The van der Waals surface area contributed by atoms with Crippen molar-refractivity contribution in [1.29, 1.82) is 0 Å². The molecule has 2 atom stereocenters. The molecule has 0 radical (unpaired) electrons. The summed E-state index contributed by atoms with van der Waals surface area (Å²) in [5.74, 6) is 0.370. The third-order valence-electron chi connectivity index (χ3n) is 7.23. The minimum atomic E-state index is 0.152. The van der Waals surface area contributed by atoms with Crippen molar-refractivity contribution in [3.8, 4) is 0 Å². The summed E-state index contributed by atoms with van der Waals surface area (Å²) in [7, 11) is 0. The second kappa shape index (κ2) is 8.92. The van der Waals surface area contributed by atoms with Gasteiger partial charge in [-0.25, -0.2) is 0 Å². The summed E-state index contributed by atoms with van der Waals surface area (Å²) in [5.41, 5.74) is 19.0. The molecule has 2 unspecified atom stereocenters. The van der Waals surface area contributed by atoms with Crippen LogP contribution in [0.5, 0.6) is 0 Å². The van der Waals surface area contributed by atoms with Crippen LogP contribution in [0.1, 0.15) is 53.6 Å². The SMILES string of the molecule is C=C(CCC1C2=C(C=C=C=C2)c2cc(C)ccc21)NC(Cc1c(C)[nH]c2ccccc12)C(=C)C. The zero-order valence-corrected chi connectivity index (χ0v) is 20.4. The van der Waals surface area contributed by atoms with Gasteiger partial charge in [-0.05, 0) is 86.1 Å². The molecule has 2 aliphatic carbocycles. The van der Waals surface area contributed by atoms with E-state index < -0.39 is 0 Å². The minimum Gasteiger partial charge on any atom is -0.382 e. The molecular weight excluding hydrogens is 412 g/mol. The van der Waals surface area contributed by atoms with Gasteiger partial charge in [0.2, 0.25) is 0 Å². The Balaban J connectivity index is 1.30. The van der Waals surface area contributed by atoms with Gasteiger partial charge in [0.1, 0.15) is 0 Å². The van der Waals surface area contributed by atoms with E-state index >= 15 is 0 Å².